The molecule has 0 spiro atoms. The number of carboxylic acid groups (broad SMARTS) is 1. The first-order valence-electron chi connectivity index (χ1n) is 8.40. The number of benzene rings is 1. The van der Waals surface area contributed by atoms with Gasteiger partial charge in [-0.05, 0) is 42.0 Å². The second-order valence-electron chi connectivity index (χ2n) is 6.41. The normalized spacial score (nSPS) is 15.2. The molecule has 1 saturated heterocycles. The van der Waals surface area contributed by atoms with Crippen LogP contribution in [0.2, 0.25) is 0 Å². The fourth-order valence-corrected chi connectivity index (χ4v) is 3.89. The Balaban J connectivity index is 1.64. The predicted molar refractivity (Wildman–Crippen MR) is 99.1 cm³/mol. The van der Waals surface area contributed by atoms with Crippen molar-refractivity contribution in [1.29, 1.82) is 0 Å². The number of carbonyl (C=O) groups excluding carboxylic acids is 1. The van der Waals surface area contributed by atoms with Gasteiger partial charge in [-0.25, -0.2) is 0 Å². The van der Waals surface area contributed by atoms with Gasteiger partial charge in [0, 0.05) is 32.4 Å². The van der Waals surface area contributed by atoms with Crippen molar-refractivity contribution in [3.63, 3.8) is 0 Å². The SMILES string of the molecule is CN(Cc1cccc(N2CCC(C(=O)O)CC2)c1)C(=O)c1cccs1. The molecule has 0 bridgehead atoms. The molecule has 2 heterocycles. The van der Waals surface area contributed by atoms with E-state index in [4.69, 9.17) is 5.11 Å². The standard InChI is InChI=1S/C19H22N2O3S/c1-20(18(22)17-6-3-11-25-17)13-14-4-2-5-16(12-14)21-9-7-15(8-10-21)19(23)24/h2-6,11-12,15H,7-10,13H2,1H3,(H,23,24). The highest BCUT2D eigenvalue weighted by Gasteiger charge is 2.24. The summed E-state index contributed by atoms with van der Waals surface area (Å²) in [7, 11) is 1.81. The van der Waals surface area contributed by atoms with Crippen LogP contribution in [0.4, 0.5) is 5.69 Å². The smallest absolute Gasteiger partial charge is 0.306 e. The zero-order valence-corrected chi connectivity index (χ0v) is 15.0. The Bertz CT molecular complexity index is 737. The largest absolute Gasteiger partial charge is 0.481 e. The van der Waals surface area contributed by atoms with E-state index < -0.39 is 5.97 Å². The molecule has 0 radical (unpaired) electrons. The predicted octanol–water partition coefficient (Wildman–Crippen LogP) is 3.32. The van der Waals surface area contributed by atoms with E-state index in [1.54, 1.807) is 4.90 Å². The van der Waals surface area contributed by atoms with E-state index in [2.05, 4.69) is 11.0 Å². The maximum absolute atomic E-state index is 12.4. The van der Waals surface area contributed by atoms with Crippen LogP contribution in [-0.4, -0.2) is 42.0 Å². The highest BCUT2D eigenvalue weighted by atomic mass is 32.1. The van der Waals surface area contributed by atoms with Crippen LogP contribution in [0.1, 0.15) is 28.1 Å². The molecule has 2 aromatic rings. The van der Waals surface area contributed by atoms with Gasteiger partial charge in [0.25, 0.3) is 5.91 Å². The van der Waals surface area contributed by atoms with E-state index >= 15 is 0 Å². The first-order valence-corrected chi connectivity index (χ1v) is 9.28. The summed E-state index contributed by atoms with van der Waals surface area (Å²) in [5, 5.41) is 11.0. The minimum absolute atomic E-state index is 0.0303. The van der Waals surface area contributed by atoms with Crippen LogP contribution >= 0.6 is 11.3 Å². The Kier molecular flexibility index (Phi) is 5.38. The van der Waals surface area contributed by atoms with Crippen LogP contribution < -0.4 is 4.90 Å². The van der Waals surface area contributed by atoms with E-state index in [1.165, 1.54) is 11.3 Å². The average molecular weight is 358 g/mol. The maximum atomic E-state index is 12.4. The molecule has 1 N–H and O–H groups in total. The molecule has 3 rings (SSSR count). The van der Waals surface area contributed by atoms with Crippen molar-refractivity contribution in [3.05, 3.63) is 52.2 Å². The summed E-state index contributed by atoms with van der Waals surface area (Å²) in [6.45, 7) is 2.06. The van der Waals surface area contributed by atoms with Gasteiger partial charge >= 0.3 is 5.97 Å². The molecule has 6 heteroatoms. The van der Waals surface area contributed by atoms with E-state index in [-0.39, 0.29) is 11.8 Å². The van der Waals surface area contributed by atoms with Crippen molar-refractivity contribution >= 4 is 28.9 Å². The summed E-state index contributed by atoms with van der Waals surface area (Å²) < 4.78 is 0. The number of carbonyl (C=O) groups is 2. The van der Waals surface area contributed by atoms with Crippen LogP contribution in [0.3, 0.4) is 0 Å². The van der Waals surface area contributed by atoms with Gasteiger partial charge in [0.05, 0.1) is 10.8 Å². The van der Waals surface area contributed by atoms with Gasteiger partial charge in [-0.3, -0.25) is 9.59 Å². The van der Waals surface area contributed by atoms with Gasteiger partial charge in [0.2, 0.25) is 0 Å². The second kappa shape index (κ2) is 7.70. The lowest BCUT2D eigenvalue weighted by Gasteiger charge is -2.32. The Morgan fingerprint density at radius 3 is 2.64 bits per heavy atom. The van der Waals surface area contributed by atoms with Crippen molar-refractivity contribution in [3.8, 4) is 0 Å². The number of aliphatic carboxylic acids is 1. The Hall–Kier alpha value is -2.34. The molecule has 0 unspecified atom stereocenters. The van der Waals surface area contributed by atoms with Crippen LogP contribution in [0.5, 0.6) is 0 Å². The number of hydrogen-bond donors (Lipinski definition) is 1. The lowest BCUT2D eigenvalue weighted by atomic mass is 9.96. The van der Waals surface area contributed by atoms with Gasteiger partial charge in [-0.15, -0.1) is 11.3 Å². The number of amides is 1. The quantitative estimate of drug-likeness (QED) is 0.891. The fourth-order valence-electron chi connectivity index (χ4n) is 3.17. The number of piperidine rings is 1. The molecule has 1 aliphatic heterocycles. The molecular formula is C19H22N2O3S. The van der Waals surface area contributed by atoms with Crippen LogP contribution in [-0.2, 0) is 11.3 Å². The minimum atomic E-state index is -0.692. The van der Waals surface area contributed by atoms with Crippen LogP contribution in [0, 0.1) is 5.92 Å². The summed E-state index contributed by atoms with van der Waals surface area (Å²) >= 11 is 1.45. The third kappa shape index (κ3) is 4.20. The van der Waals surface area contributed by atoms with Crippen LogP contribution in [0.15, 0.2) is 41.8 Å². The number of rotatable bonds is 5. The maximum Gasteiger partial charge on any atom is 0.306 e. The third-order valence-corrected chi connectivity index (χ3v) is 5.48. The van der Waals surface area contributed by atoms with Gasteiger partial charge in [0.15, 0.2) is 0 Å². The molecule has 0 saturated carbocycles. The molecule has 1 amide bonds. The zero-order chi connectivity index (χ0) is 17.8. The molecule has 25 heavy (non-hydrogen) atoms. The van der Waals surface area contributed by atoms with E-state index in [0.717, 1.165) is 29.2 Å². The first kappa shape index (κ1) is 17.5. The molecule has 1 aromatic carbocycles. The fraction of sp³-hybridized carbons (Fsp3) is 0.368. The summed E-state index contributed by atoms with van der Waals surface area (Å²) in [5.74, 6) is -0.890. The summed E-state index contributed by atoms with van der Waals surface area (Å²) in [6.07, 6.45) is 1.35. The highest BCUT2D eigenvalue weighted by Crippen LogP contribution is 2.25. The first-order chi connectivity index (χ1) is 12.0. The summed E-state index contributed by atoms with van der Waals surface area (Å²) in [5.41, 5.74) is 2.17. The zero-order valence-electron chi connectivity index (χ0n) is 14.2. The molecule has 132 valence electrons. The van der Waals surface area contributed by atoms with Crippen molar-refractivity contribution in [2.75, 3.05) is 25.0 Å². The molecule has 1 aromatic heterocycles. The highest BCUT2D eigenvalue weighted by molar-refractivity contribution is 7.12. The topological polar surface area (TPSA) is 60.9 Å². The average Bonchev–Trinajstić information content (AvgIpc) is 3.16. The Morgan fingerprint density at radius 2 is 2.00 bits per heavy atom. The molecule has 0 atom stereocenters. The molecular weight excluding hydrogens is 336 g/mol. The van der Waals surface area contributed by atoms with Gasteiger partial charge in [0.1, 0.15) is 0 Å². The van der Waals surface area contributed by atoms with Gasteiger partial charge in [-0.2, -0.15) is 0 Å². The van der Waals surface area contributed by atoms with Crippen LogP contribution in [0.25, 0.3) is 0 Å². The third-order valence-electron chi connectivity index (χ3n) is 4.62. The van der Waals surface area contributed by atoms with Gasteiger partial charge < -0.3 is 14.9 Å². The van der Waals surface area contributed by atoms with Crippen molar-refractivity contribution in [2.45, 2.75) is 19.4 Å². The molecule has 0 aliphatic carbocycles. The van der Waals surface area contributed by atoms with Crippen molar-refractivity contribution in [1.82, 2.24) is 4.90 Å². The number of thiophene rings is 1. The Morgan fingerprint density at radius 1 is 1.24 bits per heavy atom. The monoisotopic (exact) mass is 358 g/mol. The summed E-state index contributed by atoms with van der Waals surface area (Å²) in [4.78, 5) is 28.1. The lowest BCUT2D eigenvalue weighted by Crippen LogP contribution is -2.36. The van der Waals surface area contributed by atoms with E-state index in [9.17, 15) is 9.59 Å². The summed E-state index contributed by atoms with van der Waals surface area (Å²) in [6, 6.07) is 11.9. The van der Waals surface area contributed by atoms with E-state index in [1.807, 2.05) is 42.8 Å². The van der Waals surface area contributed by atoms with Crippen molar-refractivity contribution < 1.29 is 14.7 Å². The molecule has 1 fully saturated rings. The number of carboxylic acids is 1. The number of hydrogen-bond acceptors (Lipinski definition) is 4. The number of anilines is 1. The minimum Gasteiger partial charge on any atom is -0.481 e. The van der Waals surface area contributed by atoms with Crippen molar-refractivity contribution in [2.24, 2.45) is 5.92 Å². The molecule has 1 aliphatic rings. The van der Waals surface area contributed by atoms with E-state index in [0.29, 0.717) is 19.4 Å². The second-order valence-corrected chi connectivity index (χ2v) is 7.36. The Labute approximate surface area is 151 Å². The lowest BCUT2D eigenvalue weighted by molar-refractivity contribution is -0.142. The molecule has 5 nitrogen and oxygen atoms in total. The van der Waals surface area contributed by atoms with Gasteiger partial charge in [-0.1, -0.05) is 18.2 Å². The number of nitrogens with zero attached hydrogens (tertiary/aromatic N) is 2.